The molecule has 0 atom stereocenters. The van der Waals surface area contributed by atoms with Crippen LogP contribution >= 0.6 is 24.0 Å². The van der Waals surface area contributed by atoms with Crippen molar-refractivity contribution in [1.82, 2.24) is 10.6 Å². The molecule has 0 bridgehead atoms. The maximum Gasteiger partial charge on any atom is 0.191 e. The minimum absolute atomic E-state index is 0. The molecule has 0 saturated heterocycles. The van der Waals surface area contributed by atoms with Gasteiger partial charge in [-0.15, -0.1) is 24.0 Å². The van der Waals surface area contributed by atoms with Gasteiger partial charge in [0.2, 0.25) is 0 Å². The van der Waals surface area contributed by atoms with Crippen molar-refractivity contribution >= 4 is 29.9 Å². The largest absolute Gasteiger partial charge is 0.497 e. The fourth-order valence-corrected chi connectivity index (χ4v) is 2.29. The van der Waals surface area contributed by atoms with Crippen LogP contribution in [0.25, 0.3) is 0 Å². The molecule has 1 aromatic rings. The molecule has 1 aromatic carbocycles. The van der Waals surface area contributed by atoms with E-state index in [9.17, 15) is 0 Å². The van der Waals surface area contributed by atoms with E-state index in [0.717, 1.165) is 70.2 Å². The van der Waals surface area contributed by atoms with E-state index in [1.807, 2.05) is 19.1 Å². The molecule has 0 aliphatic carbocycles. The number of benzene rings is 1. The number of rotatable bonds is 12. The zero-order valence-electron chi connectivity index (χ0n) is 15.8. The van der Waals surface area contributed by atoms with Crippen molar-refractivity contribution in [2.75, 3.05) is 40.0 Å². The van der Waals surface area contributed by atoms with Gasteiger partial charge < -0.3 is 20.1 Å². The second-order valence-corrected chi connectivity index (χ2v) is 5.54. The van der Waals surface area contributed by atoms with E-state index in [1.54, 1.807) is 7.11 Å². The molecule has 0 saturated carbocycles. The Labute approximate surface area is 170 Å². The van der Waals surface area contributed by atoms with Gasteiger partial charge in [-0.25, -0.2) is 0 Å². The van der Waals surface area contributed by atoms with Gasteiger partial charge in [0.25, 0.3) is 0 Å². The topological polar surface area (TPSA) is 54.9 Å². The van der Waals surface area contributed by atoms with Crippen molar-refractivity contribution in [3.63, 3.8) is 0 Å². The fourth-order valence-electron chi connectivity index (χ4n) is 2.29. The number of unbranched alkanes of at least 4 members (excludes halogenated alkanes) is 1. The van der Waals surface area contributed by atoms with Crippen LogP contribution < -0.4 is 15.4 Å². The summed E-state index contributed by atoms with van der Waals surface area (Å²) in [4.78, 5) is 4.63. The Bertz CT molecular complexity index is 452. The highest BCUT2D eigenvalue weighted by atomic mass is 127. The van der Waals surface area contributed by atoms with Crippen LogP contribution in [0, 0.1) is 0 Å². The van der Waals surface area contributed by atoms with E-state index in [-0.39, 0.29) is 24.0 Å². The lowest BCUT2D eigenvalue weighted by Crippen LogP contribution is -2.38. The molecular formula is C19H34IN3O2. The lowest BCUT2D eigenvalue weighted by atomic mass is 10.1. The average Bonchev–Trinajstić information content (AvgIpc) is 2.62. The molecule has 5 nitrogen and oxygen atoms in total. The van der Waals surface area contributed by atoms with E-state index in [2.05, 4.69) is 34.7 Å². The third-order valence-electron chi connectivity index (χ3n) is 3.61. The van der Waals surface area contributed by atoms with Gasteiger partial charge >= 0.3 is 0 Å². The zero-order valence-corrected chi connectivity index (χ0v) is 18.2. The van der Waals surface area contributed by atoms with Gasteiger partial charge in [0.1, 0.15) is 5.75 Å². The third-order valence-corrected chi connectivity index (χ3v) is 3.61. The van der Waals surface area contributed by atoms with Crippen LogP contribution in [-0.2, 0) is 11.2 Å². The summed E-state index contributed by atoms with van der Waals surface area (Å²) in [6.45, 7) is 8.38. The summed E-state index contributed by atoms with van der Waals surface area (Å²) in [6, 6.07) is 8.24. The number of methoxy groups -OCH3 is 1. The molecule has 1 rings (SSSR count). The molecule has 0 aliphatic heterocycles. The molecule has 6 heteroatoms. The maximum absolute atomic E-state index is 5.34. The van der Waals surface area contributed by atoms with E-state index in [0.29, 0.717) is 0 Å². The number of nitrogens with one attached hydrogen (secondary N) is 2. The highest BCUT2D eigenvalue weighted by Gasteiger charge is 1.98. The smallest absolute Gasteiger partial charge is 0.191 e. The van der Waals surface area contributed by atoms with Crippen LogP contribution in [-0.4, -0.2) is 45.9 Å². The first kappa shape index (κ1) is 24.0. The molecule has 0 amide bonds. The maximum atomic E-state index is 5.34. The van der Waals surface area contributed by atoms with E-state index in [4.69, 9.17) is 9.47 Å². The summed E-state index contributed by atoms with van der Waals surface area (Å²) < 4.78 is 10.5. The predicted molar refractivity (Wildman–Crippen MR) is 116 cm³/mol. The Morgan fingerprint density at radius 3 is 2.44 bits per heavy atom. The number of ether oxygens (including phenoxy) is 2. The summed E-state index contributed by atoms with van der Waals surface area (Å²) in [5.41, 5.74) is 1.32. The highest BCUT2D eigenvalue weighted by Crippen LogP contribution is 2.12. The Morgan fingerprint density at radius 1 is 1.04 bits per heavy atom. The van der Waals surface area contributed by atoms with Gasteiger partial charge in [-0.2, -0.15) is 0 Å². The molecule has 25 heavy (non-hydrogen) atoms. The van der Waals surface area contributed by atoms with E-state index in [1.165, 1.54) is 5.56 Å². The SMILES string of the molecule is CCNC(=NCCCc1ccc(OC)cc1)NCCCCOCC.I. The molecule has 0 aromatic heterocycles. The Balaban J connectivity index is 0.00000576. The molecule has 0 aliphatic rings. The fraction of sp³-hybridized carbons (Fsp3) is 0.632. The molecule has 0 heterocycles. The highest BCUT2D eigenvalue weighted by molar-refractivity contribution is 14.0. The number of halogens is 1. The summed E-state index contributed by atoms with van der Waals surface area (Å²) >= 11 is 0. The quantitative estimate of drug-likeness (QED) is 0.215. The van der Waals surface area contributed by atoms with Gasteiger partial charge in [-0.05, 0) is 57.2 Å². The second-order valence-electron chi connectivity index (χ2n) is 5.54. The number of nitrogens with zero attached hydrogens (tertiary/aromatic N) is 1. The van der Waals surface area contributed by atoms with Crippen molar-refractivity contribution in [3.8, 4) is 5.75 Å². The van der Waals surface area contributed by atoms with Crippen LogP contribution in [0.1, 0.15) is 38.7 Å². The van der Waals surface area contributed by atoms with Crippen LogP contribution in [0.4, 0.5) is 0 Å². The van der Waals surface area contributed by atoms with E-state index < -0.39 is 0 Å². The van der Waals surface area contributed by atoms with E-state index >= 15 is 0 Å². The lowest BCUT2D eigenvalue weighted by Gasteiger charge is -2.11. The molecule has 144 valence electrons. The summed E-state index contributed by atoms with van der Waals surface area (Å²) in [6.07, 6.45) is 4.24. The summed E-state index contributed by atoms with van der Waals surface area (Å²) in [5, 5.41) is 6.67. The van der Waals surface area contributed by atoms with Crippen molar-refractivity contribution < 1.29 is 9.47 Å². The predicted octanol–water partition coefficient (Wildman–Crippen LogP) is 3.62. The normalized spacial score (nSPS) is 10.9. The minimum Gasteiger partial charge on any atom is -0.497 e. The molecular weight excluding hydrogens is 429 g/mol. The monoisotopic (exact) mass is 463 g/mol. The zero-order chi connectivity index (χ0) is 17.5. The first-order chi connectivity index (χ1) is 11.8. The number of aliphatic imine (C=N–C) groups is 1. The van der Waals surface area contributed by atoms with Crippen molar-refractivity contribution in [1.29, 1.82) is 0 Å². The first-order valence-corrected chi connectivity index (χ1v) is 9.03. The van der Waals surface area contributed by atoms with Crippen LogP contribution in [0.5, 0.6) is 5.75 Å². The van der Waals surface area contributed by atoms with Crippen molar-refractivity contribution in [2.45, 2.75) is 39.5 Å². The lowest BCUT2D eigenvalue weighted by molar-refractivity contribution is 0.143. The standard InChI is InChI=1S/C19H33N3O2.HI/c1-4-20-19(21-14-6-7-16-24-5-2)22-15-8-9-17-10-12-18(23-3)13-11-17;/h10-13H,4-9,14-16H2,1-3H3,(H2,20,21,22);1H. The summed E-state index contributed by atoms with van der Waals surface area (Å²) in [7, 11) is 1.69. The molecule has 0 radical (unpaired) electrons. The van der Waals surface area contributed by atoms with Crippen molar-refractivity contribution in [3.05, 3.63) is 29.8 Å². The minimum atomic E-state index is 0. The molecule has 0 fully saturated rings. The number of aryl methyl sites for hydroxylation is 1. The van der Waals surface area contributed by atoms with Gasteiger partial charge in [-0.3, -0.25) is 4.99 Å². The van der Waals surface area contributed by atoms with Gasteiger partial charge in [0, 0.05) is 32.8 Å². The molecule has 0 spiro atoms. The third kappa shape index (κ3) is 12.0. The van der Waals surface area contributed by atoms with Gasteiger partial charge in [-0.1, -0.05) is 12.1 Å². The molecule has 2 N–H and O–H groups in total. The number of guanidine groups is 1. The Kier molecular flexibility index (Phi) is 15.8. The van der Waals surface area contributed by atoms with Gasteiger partial charge in [0.15, 0.2) is 5.96 Å². The summed E-state index contributed by atoms with van der Waals surface area (Å²) in [5.74, 6) is 1.81. The first-order valence-electron chi connectivity index (χ1n) is 9.03. The van der Waals surface area contributed by atoms with Crippen LogP contribution in [0.2, 0.25) is 0 Å². The number of hydrogen-bond acceptors (Lipinski definition) is 3. The average molecular weight is 463 g/mol. The van der Waals surface area contributed by atoms with Crippen molar-refractivity contribution in [2.24, 2.45) is 4.99 Å². The Hall–Kier alpha value is -1.02. The van der Waals surface area contributed by atoms with Crippen LogP contribution in [0.3, 0.4) is 0 Å². The Morgan fingerprint density at radius 2 is 1.80 bits per heavy atom. The number of hydrogen-bond donors (Lipinski definition) is 2. The van der Waals surface area contributed by atoms with Crippen LogP contribution in [0.15, 0.2) is 29.3 Å². The molecule has 0 unspecified atom stereocenters. The second kappa shape index (κ2) is 16.4. The van der Waals surface area contributed by atoms with Gasteiger partial charge in [0.05, 0.1) is 7.11 Å².